The summed E-state index contributed by atoms with van der Waals surface area (Å²) in [5.41, 5.74) is 3.40. The molecule has 3 saturated carbocycles. The van der Waals surface area contributed by atoms with Crippen LogP contribution in [0.4, 0.5) is 0 Å². The van der Waals surface area contributed by atoms with Crippen LogP contribution in [0.25, 0.3) is 0 Å². The lowest BCUT2D eigenvalue weighted by Gasteiger charge is -2.36. The zero-order chi connectivity index (χ0) is 32.0. The van der Waals surface area contributed by atoms with E-state index in [4.69, 9.17) is 14.2 Å². The Balaban J connectivity index is 1.07. The van der Waals surface area contributed by atoms with E-state index in [1.165, 1.54) is 114 Å². The molecule has 0 aromatic heterocycles. The highest BCUT2D eigenvalue weighted by molar-refractivity contribution is 5.89. The fourth-order valence-corrected chi connectivity index (χ4v) is 8.46. The zero-order valence-corrected chi connectivity index (χ0v) is 29.1. The smallest absolute Gasteiger partial charge is 0.340 e. The number of benzene rings is 2. The molecular weight excluding hydrogens is 568 g/mol. The molecule has 0 amide bonds. The first-order chi connectivity index (χ1) is 22.6. The van der Waals surface area contributed by atoms with E-state index in [-0.39, 0.29) is 12.8 Å². The minimum atomic E-state index is -0.917. The molecule has 2 aromatic carbocycles. The van der Waals surface area contributed by atoms with E-state index in [2.05, 4.69) is 50.2 Å². The molecule has 3 fully saturated rings. The molecule has 3 aliphatic carbocycles. The molecule has 0 bridgehead atoms. The van der Waals surface area contributed by atoms with E-state index in [1.54, 1.807) is 0 Å². The van der Waals surface area contributed by atoms with Crippen molar-refractivity contribution in [2.24, 2.45) is 11.8 Å². The van der Waals surface area contributed by atoms with Crippen LogP contribution in [0, 0.1) is 11.8 Å². The van der Waals surface area contributed by atoms with Gasteiger partial charge in [-0.25, -0.2) is 4.79 Å². The third-order valence-corrected chi connectivity index (χ3v) is 11.5. The molecule has 254 valence electrons. The van der Waals surface area contributed by atoms with Gasteiger partial charge in [-0.05, 0) is 123 Å². The number of ether oxygens (including phenoxy) is 3. The summed E-state index contributed by atoms with van der Waals surface area (Å²) in [6.45, 7) is 4.65. The summed E-state index contributed by atoms with van der Waals surface area (Å²) in [7, 11) is 0. The Labute approximate surface area is 280 Å². The number of carbonyl (C=O) groups excluding carboxylic acids is 1. The van der Waals surface area contributed by atoms with Gasteiger partial charge in [-0.15, -0.1) is 0 Å². The van der Waals surface area contributed by atoms with Crippen molar-refractivity contribution in [2.45, 2.75) is 166 Å². The first kappa shape index (κ1) is 35.0. The first-order valence-electron chi connectivity index (χ1n) is 19.3. The maximum absolute atomic E-state index is 13.3. The Morgan fingerprint density at radius 2 is 1.15 bits per heavy atom. The predicted octanol–water partition coefficient (Wildman–Crippen LogP) is 12.3. The quantitative estimate of drug-likeness (QED) is 0.105. The van der Waals surface area contributed by atoms with Crippen LogP contribution >= 0.6 is 0 Å². The van der Waals surface area contributed by atoms with Gasteiger partial charge in [0.05, 0.1) is 5.56 Å². The summed E-state index contributed by atoms with van der Waals surface area (Å²) >= 11 is 0. The molecule has 5 rings (SSSR count). The van der Waals surface area contributed by atoms with Gasteiger partial charge < -0.3 is 14.2 Å². The molecular formula is C42H62O4. The van der Waals surface area contributed by atoms with Gasteiger partial charge in [-0.2, -0.15) is 0 Å². The highest BCUT2D eigenvalue weighted by atomic mass is 16.8. The van der Waals surface area contributed by atoms with Crippen molar-refractivity contribution < 1.29 is 19.0 Å². The van der Waals surface area contributed by atoms with Crippen molar-refractivity contribution in [1.82, 2.24) is 0 Å². The van der Waals surface area contributed by atoms with Gasteiger partial charge in [0.15, 0.2) is 6.79 Å². The van der Waals surface area contributed by atoms with Crippen molar-refractivity contribution in [3.8, 4) is 5.75 Å². The van der Waals surface area contributed by atoms with Gasteiger partial charge in [-0.1, -0.05) is 95.9 Å². The van der Waals surface area contributed by atoms with Crippen LogP contribution in [-0.4, -0.2) is 18.5 Å². The summed E-state index contributed by atoms with van der Waals surface area (Å²) in [6, 6.07) is 16.8. The summed E-state index contributed by atoms with van der Waals surface area (Å²) in [4.78, 5) is 13.3. The molecule has 0 aliphatic heterocycles. The van der Waals surface area contributed by atoms with Crippen LogP contribution in [0.1, 0.15) is 182 Å². The predicted molar refractivity (Wildman–Crippen MR) is 188 cm³/mol. The van der Waals surface area contributed by atoms with E-state index in [9.17, 15) is 4.79 Å². The minimum Gasteiger partial charge on any atom is -0.467 e. The lowest BCUT2D eigenvalue weighted by atomic mass is 9.77. The van der Waals surface area contributed by atoms with Gasteiger partial charge in [0.25, 0.3) is 0 Å². The van der Waals surface area contributed by atoms with Crippen LogP contribution in [0.15, 0.2) is 48.5 Å². The largest absolute Gasteiger partial charge is 0.467 e. The molecule has 4 nitrogen and oxygen atoms in total. The maximum atomic E-state index is 13.3. The van der Waals surface area contributed by atoms with Crippen LogP contribution < -0.4 is 4.74 Å². The number of hydrogen-bond acceptors (Lipinski definition) is 4. The lowest BCUT2D eigenvalue weighted by Crippen LogP contribution is -2.41. The van der Waals surface area contributed by atoms with Gasteiger partial charge >= 0.3 is 5.97 Å². The topological polar surface area (TPSA) is 44.8 Å². The minimum absolute atomic E-state index is 0.0789. The second-order valence-electron chi connectivity index (χ2n) is 14.9. The maximum Gasteiger partial charge on any atom is 0.340 e. The fraction of sp³-hybridized carbons (Fsp3) is 0.690. The normalized spacial score (nSPS) is 24.7. The molecule has 3 aliphatic rings. The SMILES string of the molecule is CCCCCC1CCC(c2ccc(OCOC3(OC(=O)c4ccc(C5CCC(CCCCC)CC5)cc4)CCCCC3)cc2)CC1. The first-order valence-corrected chi connectivity index (χ1v) is 19.3. The van der Waals surface area contributed by atoms with E-state index < -0.39 is 5.79 Å². The Hall–Kier alpha value is -2.33. The number of carbonyl (C=O) groups is 1. The van der Waals surface area contributed by atoms with E-state index >= 15 is 0 Å². The molecule has 0 N–H and O–H groups in total. The molecule has 0 heterocycles. The summed E-state index contributed by atoms with van der Waals surface area (Å²) in [5, 5.41) is 0. The second-order valence-corrected chi connectivity index (χ2v) is 14.9. The number of rotatable bonds is 16. The summed E-state index contributed by atoms with van der Waals surface area (Å²) in [6.07, 6.45) is 26.0. The molecule has 4 heteroatoms. The van der Waals surface area contributed by atoms with Crippen LogP contribution in [-0.2, 0) is 9.47 Å². The Kier molecular flexibility index (Phi) is 13.9. The lowest BCUT2D eigenvalue weighted by molar-refractivity contribution is -0.244. The van der Waals surface area contributed by atoms with Crippen molar-refractivity contribution in [3.05, 3.63) is 65.2 Å². The van der Waals surface area contributed by atoms with Crippen molar-refractivity contribution in [1.29, 1.82) is 0 Å². The second kappa shape index (κ2) is 18.3. The average molecular weight is 631 g/mol. The zero-order valence-electron chi connectivity index (χ0n) is 29.1. The standard InChI is InChI=1S/C42H62O4/c1-3-5-8-12-33-14-18-35(19-15-33)37-22-24-39(25-23-37)41(43)46-42(30-10-7-11-31-42)45-32-44-40-28-26-38(27-29-40)36-20-16-34(17-21-36)13-9-6-4-2/h22-29,33-36H,3-21,30-32H2,1-2H3. The molecule has 46 heavy (non-hydrogen) atoms. The fourth-order valence-electron chi connectivity index (χ4n) is 8.46. The Bertz CT molecular complexity index is 1130. The van der Waals surface area contributed by atoms with Gasteiger partial charge in [-0.3, -0.25) is 0 Å². The number of hydrogen-bond donors (Lipinski definition) is 0. The van der Waals surface area contributed by atoms with Crippen LogP contribution in [0.5, 0.6) is 5.75 Å². The molecule has 0 spiro atoms. The van der Waals surface area contributed by atoms with Crippen molar-refractivity contribution in [3.63, 3.8) is 0 Å². The van der Waals surface area contributed by atoms with E-state index in [0.717, 1.165) is 36.8 Å². The molecule has 2 aromatic rings. The molecule has 0 atom stereocenters. The highest BCUT2D eigenvalue weighted by Crippen LogP contribution is 2.40. The Morgan fingerprint density at radius 1 is 0.652 bits per heavy atom. The molecule has 0 radical (unpaired) electrons. The van der Waals surface area contributed by atoms with E-state index in [0.29, 0.717) is 30.2 Å². The number of unbranched alkanes of at least 4 members (excludes halogenated alkanes) is 4. The van der Waals surface area contributed by atoms with Gasteiger partial charge in [0.2, 0.25) is 5.79 Å². The highest BCUT2D eigenvalue weighted by Gasteiger charge is 2.38. The van der Waals surface area contributed by atoms with Crippen molar-refractivity contribution in [2.75, 3.05) is 6.79 Å². The van der Waals surface area contributed by atoms with Crippen molar-refractivity contribution >= 4 is 5.97 Å². The average Bonchev–Trinajstić information content (AvgIpc) is 3.10. The van der Waals surface area contributed by atoms with Crippen LogP contribution in [0.3, 0.4) is 0 Å². The summed E-state index contributed by atoms with van der Waals surface area (Å²) in [5.74, 6) is 2.71. The van der Waals surface area contributed by atoms with Crippen LogP contribution in [0.2, 0.25) is 0 Å². The van der Waals surface area contributed by atoms with Gasteiger partial charge in [0, 0.05) is 12.8 Å². The summed E-state index contributed by atoms with van der Waals surface area (Å²) < 4.78 is 18.4. The van der Waals surface area contributed by atoms with Gasteiger partial charge in [0.1, 0.15) is 5.75 Å². The molecule has 0 unspecified atom stereocenters. The monoisotopic (exact) mass is 630 g/mol. The number of esters is 1. The van der Waals surface area contributed by atoms with E-state index in [1.807, 2.05) is 12.1 Å². The third kappa shape index (κ3) is 10.3. The third-order valence-electron chi connectivity index (χ3n) is 11.5. The Morgan fingerprint density at radius 3 is 1.65 bits per heavy atom. The molecule has 0 saturated heterocycles.